The zero-order chi connectivity index (χ0) is 19.2. The van der Waals surface area contributed by atoms with Crippen LogP contribution >= 0.6 is 0 Å². The molecule has 5 heterocycles. The number of imidazole rings is 2. The number of anilines is 1. The third-order valence-corrected chi connectivity index (χ3v) is 4.88. The largest absolute Gasteiger partial charge is 0.467 e. The fourth-order valence-corrected chi connectivity index (χ4v) is 3.63. The quantitative estimate of drug-likeness (QED) is 0.500. The van der Waals surface area contributed by atoms with E-state index in [-0.39, 0.29) is 0 Å². The predicted octanol–water partition coefficient (Wildman–Crippen LogP) is 3.82. The molecule has 0 spiro atoms. The summed E-state index contributed by atoms with van der Waals surface area (Å²) in [6.45, 7) is 0.516. The summed E-state index contributed by atoms with van der Waals surface area (Å²) in [5, 5.41) is 3.30. The van der Waals surface area contributed by atoms with Crippen molar-refractivity contribution in [2.24, 2.45) is 0 Å². The smallest absolute Gasteiger partial charge is 0.223 e. The topological polar surface area (TPSA) is 86.1 Å². The van der Waals surface area contributed by atoms with E-state index in [1.807, 2.05) is 51.4 Å². The van der Waals surface area contributed by atoms with Crippen molar-refractivity contribution in [2.75, 3.05) is 5.32 Å². The first-order chi connectivity index (χ1) is 14.4. The summed E-state index contributed by atoms with van der Waals surface area (Å²) in [6.07, 6.45) is 4.98. The van der Waals surface area contributed by atoms with Gasteiger partial charge in [0.05, 0.1) is 23.8 Å². The van der Waals surface area contributed by atoms with Crippen LogP contribution < -0.4 is 5.32 Å². The van der Waals surface area contributed by atoms with Crippen LogP contribution in [0, 0.1) is 0 Å². The first-order valence-electron chi connectivity index (χ1n) is 9.20. The second kappa shape index (κ2) is 6.16. The van der Waals surface area contributed by atoms with Crippen LogP contribution in [-0.4, -0.2) is 28.9 Å². The Morgan fingerprint density at radius 1 is 0.897 bits per heavy atom. The van der Waals surface area contributed by atoms with Crippen molar-refractivity contribution >= 4 is 33.8 Å². The van der Waals surface area contributed by atoms with Gasteiger partial charge in [-0.1, -0.05) is 18.2 Å². The van der Waals surface area contributed by atoms with Gasteiger partial charge in [-0.2, -0.15) is 0 Å². The third-order valence-electron chi connectivity index (χ3n) is 4.88. The normalized spacial score (nSPS) is 11.6. The van der Waals surface area contributed by atoms with Gasteiger partial charge < -0.3 is 9.73 Å². The van der Waals surface area contributed by atoms with Gasteiger partial charge in [-0.3, -0.25) is 8.97 Å². The fourth-order valence-electron chi connectivity index (χ4n) is 3.63. The van der Waals surface area contributed by atoms with Gasteiger partial charge in [0.2, 0.25) is 5.78 Å². The van der Waals surface area contributed by atoms with Crippen LogP contribution in [0.5, 0.6) is 0 Å². The minimum absolute atomic E-state index is 0.516. The van der Waals surface area contributed by atoms with Crippen LogP contribution in [0.2, 0.25) is 0 Å². The van der Waals surface area contributed by atoms with Gasteiger partial charge in [-0.15, -0.1) is 0 Å². The Balaban J connectivity index is 1.61. The summed E-state index contributed by atoms with van der Waals surface area (Å²) < 4.78 is 9.48. The molecule has 29 heavy (non-hydrogen) atoms. The summed E-state index contributed by atoms with van der Waals surface area (Å²) in [6, 6.07) is 17.7. The van der Waals surface area contributed by atoms with Gasteiger partial charge in [0.25, 0.3) is 0 Å². The number of rotatable bonds is 4. The average molecular weight is 381 g/mol. The van der Waals surface area contributed by atoms with Gasteiger partial charge in [0, 0.05) is 6.20 Å². The highest BCUT2D eigenvalue weighted by atomic mass is 16.3. The minimum atomic E-state index is 0.516. The molecule has 0 radical (unpaired) electrons. The molecular formula is C21H15N7O. The zero-order valence-electron chi connectivity index (χ0n) is 15.2. The molecule has 140 valence electrons. The molecule has 6 rings (SSSR count). The molecule has 0 aliphatic heterocycles. The Kier molecular flexibility index (Phi) is 3.36. The highest BCUT2D eigenvalue weighted by Crippen LogP contribution is 2.29. The molecule has 0 unspecified atom stereocenters. The lowest BCUT2D eigenvalue weighted by atomic mass is 10.3. The van der Waals surface area contributed by atoms with Gasteiger partial charge >= 0.3 is 0 Å². The molecule has 6 aromatic rings. The molecule has 0 fully saturated rings. The second-order valence-electron chi connectivity index (χ2n) is 6.59. The van der Waals surface area contributed by atoms with Crippen LogP contribution in [0.15, 0.2) is 77.8 Å². The third kappa shape index (κ3) is 2.39. The molecule has 8 nitrogen and oxygen atoms in total. The van der Waals surface area contributed by atoms with Crippen molar-refractivity contribution in [1.29, 1.82) is 0 Å². The van der Waals surface area contributed by atoms with E-state index in [0.717, 1.165) is 34.0 Å². The number of furan rings is 1. The van der Waals surface area contributed by atoms with E-state index in [1.54, 1.807) is 18.8 Å². The number of aromatic nitrogens is 6. The molecule has 1 aromatic carbocycles. The van der Waals surface area contributed by atoms with E-state index in [2.05, 4.69) is 32.4 Å². The first-order valence-corrected chi connectivity index (χ1v) is 9.20. The molecule has 0 aliphatic rings. The molecule has 5 aromatic heterocycles. The summed E-state index contributed by atoms with van der Waals surface area (Å²) in [5.41, 5.74) is 3.46. The van der Waals surface area contributed by atoms with E-state index in [9.17, 15) is 0 Å². The predicted molar refractivity (Wildman–Crippen MR) is 109 cm³/mol. The van der Waals surface area contributed by atoms with Crippen molar-refractivity contribution < 1.29 is 4.42 Å². The SMILES string of the molecule is c1ccc(-n2c3ccccc3n3c4ncnc(NCc5ccco5)c4nc23)nc1. The Hall–Kier alpha value is -4.20. The summed E-state index contributed by atoms with van der Waals surface area (Å²) >= 11 is 0. The monoisotopic (exact) mass is 381 g/mol. The van der Waals surface area contributed by atoms with E-state index >= 15 is 0 Å². The lowest BCUT2D eigenvalue weighted by Crippen LogP contribution is -2.02. The van der Waals surface area contributed by atoms with E-state index in [1.165, 1.54) is 0 Å². The number of nitrogens with zero attached hydrogens (tertiary/aromatic N) is 6. The molecule has 0 saturated heterocycles. The number of pyridine rings is 1. The Labute approximate surface area is 164 Å². The minimum Gasteiger partial charge on any atom is -0.467 e. The zero-order valence-corrected chi connectivity index (χ0v) is 15.2. The fraction of sp³-hybridized carbons (Fsp3) is 0.0476. The molecule has 0 bridgehead atoms. The van der Waals surface area contributed by atoms with E-state index < -0.39 is 0 Å². The van der Waals surface area contributed by atoms with E-state index in [0.29, 0.717) is 17.9 Å². The highest BCUT2D eigenvalue weighted by Gasteiger charge is 2.20. The van der Waals surface area contributed by atoms with Crippen LogP contribution in [-0.2, 0) is 6.54 Å². The Morgan fingerprint density at radius 2 is 1.79 bits per heavy atom. The lowest BCUT2D eigenvalue weighted by molar-refractivity contribution is 0.518. The summed E-state index contributed by atoms with van der Waals surface area (Å²) in [7, 11) is 0. The number of fused-ring (bicyclic) bond motifs is 5. The molecule has 0 amide bonds. The van der Waals surface area contributed by atoms with Crippen LogP contribution in [0.3, 0.4) is 0 Å². The van der Waals surface area contributed by atoms with Gasteiger partial charge in [0.15, 0.2) is 17.0 Å². The Morgan fingerprint density at radius 3 is 2.62 bits per heavy atom. The molecule has 0 aliphatic carbocycles. The molecule has 0 atom stereocenters. The Bertz CT molecular complexity index is 1450. The molecule has 1 N–H and O–H groups in total. The van der Waals surface area contributed by atoms with Gasteiger partial charge in [-0.25, -0.2) is 19.9 Å². The van der Waals surface area contributed by atoms with Crippen molar-refractivity contribution in [3.05, 3.63) is 79.1 Å². The number of benzene rings is 1. The van der Waals surface area contributed by atoms with Crippen molar-refractivity contribution in [1.82, 2.24) is 28.9 Å². The summed E-state index contributed by atoms with van der Waals surface area (Å²) in [4.78, 5) is 18.3. The number of hydrogen-bond acceptors (Lipinski definition) is 6. The van der Waals surface area contributed by atoms with Crippen molar-refractivity contribution in [2.45, 2.75) is 6.54 Å². The van der Waals surface area contributed by atoms with Crippen molar-refractivity contribution in [3.63, 3.8) is 0 Å². The van der Waals surface area contributed by atoms with Crippen molar-refractivity contribution in [3.8, 4) is 5.82 Å². The van der Waals surface area contributed by atoms with Crippen LogP contribution in [0.4, 0.5) is 5.82 Å². The van der Waals surface area contributed by atoms with Crippen LogP contribution in [0.1, 0.15) is 5.76 Å². The van der Waals surface area contributed by atoms with Gasteiger partial charge in [-0.05, 0) is 36.4 Å². The first kappa shape index (κ1) is 15.8. The number of hydrogen-bond donors (Lipinski definition) is 1. The average Bonchev–Trinajstić information content (AvgIpc) is 3.48. The maximum atomic E-state index is 5.40. The maximum absolute atomic E-state index is 5.40. The summed E-state index contributed by atoms with van der Waals surface area (Å²) in [5.74, 6) is 3.02. The number of para-hydroxylation sites is 2. The standard InChI is InChI=1S/C21H15N7O/c1-2-8-16-15(7-1)27(17-9-3-4-10-22-17)21-26-18-19(23-12-14-6-5-11-29-14)24-13-25-20(18)28(16)21/h1-11,13H,12H2,(H,23,24,25). The maximum Gasteiger partial charge on any atom is 0.223 e. The number of nitrogens with one attached hydrogen (secondary N) is 1. The van der Waals surface area contributed by atoms with E-state index in [4.69, 9.17) is 9.40 Å². The van der Waals surface area contributed by atoms with Gasteiger partial charge in [0.1, 0.15) is 17.9 Å². The second-order valence-corrected chi connectivity index (χ2v) is 6.59. The molecular weight excluding hydrogens is 366 g/mol. The molecule has 0 saturated carbocycles. The van der Waals surface area contributed by atoms with Crippen LogP contribution in [0.25, 0.3) is 33.8 Å². The highest BCUT2D eigenvalue weighted by molar-refractivity contribution is 5.93. The molecule has 8 heteroatoms. The lowest BCUT2D eigenvalue weighted by Gasteiger charge is -2.04.